The van der Waals surface area contributed by atoms with E-state index in [1.165, 1.54) is 69.2 Å². The van der Waals surface area contributed by atoms with Gasteiger partial charge in [-0.3, -0.25) is 4.99 Å². The summed E-state index contributed by atoms with van der Waals surface area (Å²) in [4.78, 5) is 10.4. The number of thiophene rings is 1. The first-order valence-electron chi connectivity index (χ1n) is 17.3. The van der Waals surface area contributed by atoms with Gasteiger partial charge in [-0.2, -0.15) is 0 Å². The van der Waals surface area contributed by atoms with Crippen molar-refractivity contribution in [1.82, 2.24) is 0 Å². The Morgan fingerprint density at radius 2 is 0.960 bits per heavy atom. The average Bonchev–Trinajstić information content (AvgIpc) is 3.56. The monoisotopic (exact) mass is 656 g/mol. The van der Waals surface area contributed by atoms with Gasteiger partial charge in [0.2, 0.25) is 0 Å². The molecule has 1 aliphatic heterocycles. The van der Waals surface area contributed by atoms with Gasteiger partial charge in [0.1, 0.15) is 0 Å². The Balaban J connectivity index is 1.08. The van der Waals surface area contributed by atoms with Crippen LogP contribution in [0.4, 0.5) is 0 Å². The minimum Gasteiger partial charge on any atom is -0.257 e. The topological polar surface area (TPSA) is 24.7 Å². The molecule has 2 nitrogen and oxygen atoms in total. The lowest BCUT2D eigenvalue weighted by molar-refractivity contribution is 0.592. The Morgan fingerprint density at radius 3 is 1.66 bits per heavy atom. The van der Waals surface area contributed by atoms with Crippen molar-refractivity contribution in [3.05, 3.63) is 180 Å². The molecule has 9 aromatic rings. The summed E-state index contributed by atoms with van der Waals surface area (Å²) in [6.45, 7) is 2.26. The first-order chi connectivity index (χ1) is 24.7. The van der Waals surface area contributed by atoms with Gasteiger partial charge in [0.05, 0.1) is 11.8 Å². The van der Waals surface area contributed by atoms with Gasteiger partial charge in [0.15, 0.2) is 5.84 Å². The molecular formula is C47H32N2S. The van der Waals surface area contributed by atoms with E-state index in [4.69, 9.17) is 9.98 Å². The first-order valence-corrected chi connectivity index (χ1v) is 18.1. The second-order valence-corrected chi connectivity index (χ2v) is 14.4. The fourth-order valence-corrected chi connectivity index (χ4v) is 9.03. The van der Waals surface area contributed by atoms with E-state index in [2.05, 4.69) is 165 Å². The summed E-state index contributed by atoms with van der Waals surface area (Å²) in [5.74, 6) is 0.925. The SMILES string of the molecule is CC1C(c2ccc3c(c2)sc2ccc(-c4ccc5c6ccccc6c6ccccc6c5c4)cc23)=NC(c2ccccc2)=NC1c1ccccc1. The number of rotatable bonds is 4. The largest absolute Gasteiger partial charge is 0.257 e. The van der Waals surface area contributed by atoms with Crippen LogP contribution < -0.4 is 0 Å². The van der Waals surface area contributed by atoms with Crippen molar-refractivity contribution in [1.29, 1.82) is 0 Å². The van der Waals surface area contributed by atoms with Crippen molar-refractivity contribution in [3.63, 3.8) is 0 Å². The number of hydrogen-bond acceptors (Lipinski definition) is 3. The molecular weight excluding hydrogens is 625 g/mol. The highest BCUT2D eigenvalue weighted by molar-refractivity contribution is 7.25. The van der Waals surface area contributed by atoms with E-state index in [1.54, 1.807) is 0 Å². The fraction of sp³-hybridized carbons (Fsp3) is 0.0638. The molecule has 1 aliphatic rings. The molecule has 0 spiro atoms. The number of fused-ring (bicyclic) bond motifs is 9. The number of benzene rings is 8. The van der Waals surface area contributed by atoms with Crippen LogP contribution in [0.1, 0.15) is 29.7 Å². The lowest BCUT2D eigenvalue weighted by atomic mass is 9.86. The lowest BCUT2D eigenvalue weighted by Gasteiger charge is -2.28. The molecule has 8 aromatic carbocycles. The van der Waals surface area contributed by atoms with E-state index in [1.807, 2.05) is 17.4 Å². The van der Waals surface area contributed by atoms with Gasteiger partial charge in [-0.15, -0.1) is 11.3 Å². The average molecular weight is 657 g/mol. The predicted octanol–water partition coefficient (Wildman–Crippen LogP) is 12.8. The Bertz CT molecular complexity index is 2790. The van der Waals surface area contributed by atoms with Crippen molar-refractivity contribution in [2.45, 2.75) is 13.0 Å². The van der Waals surface area contributed by atoms with Gasteiger partial charge < -0.3 is 0 Å². The summed E-state index contributed by atoms with van der Waals surface area (Å²) in [5.41, 5.74) is 6.98. The van der Waals surface area contributed by atoms with Gasteiger partial charge in [0.25, 0.3) is 0 Å². The molecule has 0 radical (unpaired) electrons. The number of amidine groups is 1. The molecule has 50 heavy (non-hydrogen) atoms. The summed E-state index contributed by atoms with van der Waals surface area (Å²) in [7, 11) is 0. The molecule has 1 aromatic heterocycles. The van der Waals surface area contributed by atoms with E-state index in [9.17, 15) is 0 Å². The summed E-state index contributed by atoms with van der Waals surface area (Å²) < 4.78 is 2.58. The molecule has 236 valence electrons. The van der Waals surface area contributed by atoms with Crippen molar-refractivity contribution in [2.24, 2.45) is 15.9 Å². The zero-order valence-corrected chi connectivity index (χ0v) is 28.4. The van der Waals surface area contributed by atoms with E-state index in [0.717, 1.165) is 22.7 Å². The van der Waals surface area contributed by atoms with Crippen LogP contribution in [-0.4, -0.2) is 11.5 Å². The third-order valence-corrected chi connectivity index (χ3v) is 11.5. The third-order valence-electron chi connectivity index (χ3n) is 10.4. The fourth-order valence-electron chi connectivity index (χ4n) is 7.91. The summed E-state index contributed by atoms with van der Waals surface area (Å²) in [6, 6.07) is 59.4. The molecule has 0 bridgehead atoms. The summed E-state index contributed by atoms with van der Waals surface area (Å²) in [6.07, 6.45) is 0. The van der Waals surface area contributed by atoms with Crippen LogP contribution in [0.3, 0.4) is 0 Å². The molecule has 2 unspecified atom stereocenters. The lowest BCUT2D eigenvalue weighted by Crippen LogP contribution is -2.26. The molecule has 3 heteroatoms. The maximum atomic E-state index is 5.23. The highest BCUT2D eigenvalue weighted by atomic mass is 32.1. The van der Waals surface area contributed by atoms with E-state index in [-0.39, 0.29) is 12.0 Å². The third kappa shape index (κ3) is 4.69. The maximum absolute atomic E-state index is 5.23. The van der Waals surface area contributed by atoms with Gasteiger partial charge in [-0.05, 0) is 78.8 Å². The molecule has 0 N–H and O–H groups in total. The Hall–Kier alpha value is -5.90. The standard InChI is InChI=1S/C47H32N2S/c1-29-45(30-12-4-2-5-13-30)48-47(31-14-6-3-7-15-31)49-46(29)34-21-24-40-42-27-33(22-25-43(42)50-44(40)28-34)32-20-23-39-37-18-9-8-16-35(37)36-17-10-11-19-38(36)41(39)26-32/h2-29,45H,1H3. The molecule has 0 saturated heterocycles. The summed E-state index contributed by atoms with van der Waals surface area (Å²) >= 11 is 1.86. The van der Waals surface area contributed by atoms with Crippen molar-refractivity contribution >= 4 is 75.4 Å². The van der Waals surface area contributed by atoms with Crippen molar-refractivity contribution in [3.8, 4) is 11.1 Å². The highest BCUT2D eigenvalue weighted by Gasteiger charge is 2.29. The van der Waals surface area contributed by atoms with Gasteiger partial charge in [-0.25, -0.2) is 4.99 Å². The highest BCUT2D eigenvalue weighted by Crippen LogP contribution is 2.41. The van der Waals surface area contributed by atoms with Crippen LogP contribution >= 0.6 is 11.3 Å². The molecule has 0 saturated carbocycles. The maximum Gasteiger partial charge on any atom is 0.155 e. The van der Waals surface area contributed by atoms with Crippen LogP contribution in [0.2, 0.25) is 0 Å². The van der Waals surface area contributed by atoms with Gasteiger partial charge >= 0.3 is 0 Å². The Labute approximate surface area is 294 Å². The van der Waals surface area contributed by atoms with Crippen molar-refractivity contribution in [2.75, 3.05) is 0 Å². The quantitative estimate of drug-likeness (QED) is 0.168. The van der Waals surface area contributed by atoms with E-state index < -0.39 is 0 Å². The van der Waals surface area contributed by atoms with Gasteiger partial charge in [0, 0.05) is 31.7 Å². The minimum absolute atomic E-state index is 0.00312. The second-order valence-electron chi connectivity index (χ2n) is 13.3. The number of aliphatic imine (C=N–C) groups is 2. The Kier molecular flexibility index (Phi) is 6.75. The number of nitrogens with zero attached hydrogens (tertiary/aromatic N) is 2. The summed E-state index contributed by atoms with van der Waals surface area (Å²) in [5, 5.41) is 10.4. The van der Waals surface area contributed by atoms with Crippen LogP contribution in [0.15, 0.2) is 174 Å². The van der Waals surface area contributed by atoms with Crippen molar-refractivity contribution < 1.29 is 0 Å². The zero-order chi connectivity index (χ0) is 33.2. The predicted molar refractivity (Wildman–Crippen MR) is 215 cm³/mol. The van der Waals surface area contributed by atoms with Crippen LogP contribution in [0.5, 0.6) is 0 Å². The second kappa shape index (κ2) is 11.6. The van der Waals surface area contributed by atoms with Gasteiger partial charge in [-0.1, -0.05) is 146 Å². The Morgan fingerprint density at radius 1 is 0.420 bits per heavy atom. The molecule has 0 amide bonds. The molecule has 10 rings (SSSR count). The molecule has 0 fully saturated rings. The number of hydrogen-bond donors (Lipinski definition) is 0. The minimum atomic E-state index is -0.00312. The normalized spacial score (nSPS) is 16.3. The molecule has 0 aliphatic carbocycles. The van der Waals surface area contributed by atoms with Crippen LogP contribution in [0, 0.1) is 5.92 Å². The molecule has 2 heterocycles. The van der Waals surface area contributed by atoms with Crippen LogP contribution in [-0.2, 0) is 0 Å². The first kappa shape index (κ1) is 29.1. The molecule has 2 atom stereocenters. The van der Waals surface area contributed by atoms with E-state index in [0.29, 0.717) is 0 Å². The zero-order valence-electron chi connectivity index (χ0n) is 27.5. The smallest absolute Gasteiger partial charge is 0.155 e. The van der Waals surface area contributed by atoms with Crippen LogP contribution in [0.25, 0.3) is 63.6 Å². The van der Waals surface area contributed by atoms with E-state index >= 15 is 0 Å².